The summed E-state index contributed by atoms with van der Waals surface area (Å²) < 4.78 is 0. The molecule has 0 spiro atoms. The highest BCUT2D eigenvalue weighted by Crippen LogP contribution is 2.01. The van der Waals surface area contributed by atoms with E-state index in [0.29, 0.717) is 0 Å². The first-order valence-electron chi connectivity index (χ1n) is 4.67. The Morgan fingerprint density at radius 1 is 1.27 bits per heavy atom. The third-order valence-corrected chi connectivity index (χ3v) is 1.74. The molecule has 0 aliphatic heterocycles. The van der Waals surface area contributed by atoms with Gasteiger partial charge in [0.1, 0.15) is 6.04 Å². The van der Waals surface area contributed by atoms with Crippen LogP contribution in [0.4, 0.5) is 0 Å². The van der Waals surface area contributed by atoms with Crippen LogP contribution in [0.5, 0.6) is 0 Å². The highest BCUT2D eigenvalue weighted by atomic mass is 16.2. The van der Waals surface area contributed by atoms with Crippen LogP contribution in [0.15, 0.2) is 0 Å². The SMILES string of the molecule is CC(=O)N[C@@H](C(=O)NCC(N)=O)C(C)C. The molecule has 0 aromatic rings. The van der Waals surface area contributed by atoms with Gasteiger partial charge in [-0.3, -0.25) is 14.4 Å². The lowest BCUT2D eigenvalue weighted by Gasteiger charge is -2.20. The molecule has 6 nitrogen and oxygen atoms in total. The number of hydrogen-bond donors (Lipinski definition) is 3. The molecular weight excluding hydrogens is 198 g/mol. The number of carbonyl (C=O) groups excluding carboxylic acids is 3. The summed E-state index contributed by atoms with van der Waals surface area (Å²) >= 11 is 0. The van der Waals surface area contributed by atoms with Crippen LogP contribution in [0.2, 0.25) is 0 Å². The molecule has 0 heterocycles. The van der Waals surface area contributed by atoms with Crippen LogP contribution in [0.3, 0.4) is 0 Å². The first kappa shape index (κ1) is 13.4. The van der Waals surface area contributed by atoms with Gasteiger partial charge >= 0.3 is 0 Å². The molecule has 0 radical (unpaired) electrons. The van der Waals surface area contributed by atoms with Crippen molar-refractivity contribution >= 4 is 17.7 Å². The average molecular weight is 215 g/mol. The van der Waals surface area contributed by atoms with Crippen LogP contribution in [-0.4, -0.2) is 30.3 Å². The topological polar surface area (TPSA) is 101 Å². The van der Waals surface area contributed by atoms with Gasteiger partial charge in [-0.05, 0) is 5.92 Å². The zero-order valence-electron chi connectivity index (χ0n) is 9.16. The number of nitrogens with two attached hydrogens (primary N) is 1. The van der Waals surface area contributed by atoms with E-state index < -0.39 is 17.9 Å². The van der Waals surface area contributed by atoms with Crippen LogP contribution in [0, 0.1) is 5.92 Å². The Morgan fingerprint density at radius 2 is 1.80 bits per heavy atom. The minimum Gasteiger partial charge on any atom is -0.368 e. The number of carbonyl (C=O) groups is 3. The molecule has 0 aromatic heterocycles. The van der Waals surface area contributed by atoms with E-state index in [4.69, 9.17) is 5.73 Å². The zero-order valence-corrected chi connectivity index (χ0v) is 9.16. The highest BCUT2D eigenvalue weighted by Gasteiger charge is 2.22. The number of primary amides is 1. The van der Waals surface area contributed by atoms with E-state index in [2.05, 4.69) is 10.6 Å². The van der Waals surface area contributed by atoms with Crippen LogP contribution in [0.25, 0.3) is 0 Å². The van der Waals surface area contributed by atoms with Crippen molar-refractivity contribution in [3.63, 3.8) is 0 Å². The lowest BCUT2D eigenvalue weighted by Crippen LogP contribution is -2.50. The number of nitrogens with one attached hydrogen (secondary N) is 2. The summed E-state index contributed by atoms with van der Waals surface area (Å²) in [6.07, 6.45) is 0. The minimum absolute atomic E-state index is 0.0539. The van der Waals surface area contributed by atoms with Crippen molar-refractivity contribution in [2.45, 2.75) is 26.8 Å². The molecule has 0 aromatic carbocycles. The number of rotatable bonds is 5. The molecule has 0 saturated carbocycles. The quantitative estimate of drug-likeness (QED) is 0.534. The molecule has 0 fully saturated rings. The molecule has 6 heteroatoms. The van der Waals surface area contributed by atoms with E-state index in [9.17, 15) is 14.4 Å². The van der Waals surface area contributed by atoms with Crippen molar-refractivity contribution in [1.29, 1.82) is 0 Å². The van der Waals surface area contributed by atoms with Crippen LogP contribution >= 0.6 is 0 Å². The van der Waals surface area contributed by atoms with Crippen molar-refractivity contribution in [2.24, 2.45) is 11.7 Å². The molecule has 0 saturated heterocycles. The first-order chi connectivity index (χ1) is 6.84. The molecule has 86 valence electrons. The lowest BCUT2D eigenvalue weighted by molar-refractivity contribution is -0.130. The smallest absolute Gasteiger partial charge is 0.243 e. The fraction of sp³-hybridized carbons (Fsp3) is 0.667. The van der Waals surface area contributed by atoms with Gasteiger partial charge in [0, 0.05) is 6.92 Å². The fourth-order valence-corrected chi connectivity index (χ4v) is 1.04. The average Bonchev–Trinajstić information content (AvgIpc) is 2.09. The molecule has 0 bridgehead atoms. The third-order valence-electron chi connectivity index (χ3n) is 1.74. The van der Waals surface area contributed by atoms with Gasteiger partial charge in [-0.1, -0.05) is 13.8 Å². The first-order valence-corrected chi connectivity index (χ1v) is 4.67. The maximum absolute atomic E-state index is 11.5. The molecule has 15 heavy (non-hydrogen) atoms. The highest BCUT2D eigenvalue weighted by molar-refractivity contribution is 5.89. The standard InChI is InChI=1S/C9H17N3O3/c1-5(2)8(12-6(3)13)9(15)11-4-7(10)14/h5,8H,4H2,1-3H3,(H2,10,14)(H,11,15)(H,12,13)/t8-/m1/s1. The van der Waals surface area contributed by atoms with Gasteiger partial charge in [0.05, 0.1) is 6.54 Å². The van der Waals surface area contributed by atoms with Crippen molar-refractivity contribution in [1.82, 2.24) is 10.6 Å². The number of hydrogen-bond acceptors (Lipinski definition) is 3. The van der Waals surface area contributed by atoms with E-state index in [1.54, 1.807) is 13.8 Å². The lowest BCUT2D eigenvalue weighted by atomic mass is 10.0. The maximum Gasteiger partial charge on any atom is 0.243 e. The van der Waals surface area contributed by atoms with Gasteiger partial charge in [-0.2, -0.15) is 0 Å². The Hall–Kier alpha value is -1.59. The van der Waals surface area contributed by atoms with Gasteiger partial charge in [0.15, 0.2) is 0 Å². The van der Waals surface area contributed by atoms with Gasteiger partial charge in [0.2, 0.25) is 17.7 Å². The Balaban J connectivity index is 4.29. The van der Waals surface area contributed by atoms with Crippen molar-refractivity contribution in [2.75, 3.05) is 6.54 Å². The molecule has 4 N–H and O–H groups in total. The second-order valence-corrected chi connectivity index (χ2v) is 3.61. The molecule has 1 atom stereocenters. The summed E-state index contributed by atoms with van der Waals surface area (Å²) in [6.45, 7) is 4.70. The number of amides is 3. The van der Waals surface area contributed by atoms with E-state index in [1.165, 1.54) is 6.92 Å². The zero-order chi connectivity index (χ0) is 12.0. The monoisotopic (exact) mass is 215 g/mol. The summed E-state index contributed by atoms with van der Waals surface area (Å²) in [7, 11) is 0. The molecule has 0 aliphatic carbocycles. The minimum atomic E-state index is -0.637. The molecule has 0 unspecified atom stereocenters. The summed E-state index contributed by atoms with van der Waals surface area (Å²) in [4.78, 5) is 32.7. The fourth-order valence-electron chi connectivity index (χ4n) is 1.04. The van der Waals surface area contributed by atoms with Crippen LogP contribution < -0.4 is 16.4 Å². The molecular formula is C9H17N3O3. The van der Waals surface area contributed by atoms with Crippen molar-refractivity contribution in [3.8, 4) is 0 Å². The second-order valence-electron chi connectivity index (χ2n) is 3.61. The maximum atomic E-state index is 11.5. The van der Waals surface area contributed by atoms with E-state index in [-0.39, 0.29) is 18.4 Å². The van der Waals surface area contributed by atoms with Gasteiger partial charge in [0.25, 0.3) is 0 Å². The summed E-state index contributed by atoms with van der Waals surface area (Å²) in [5.41, 5.74) is 4.88. The Labute approximate surface area is 88.6 Å². The van der Waals surface area contributed by atoms with Crippen LogP contribution in [0.1, 0.15) is 20.8 Å². The third kappa shape index (κ3) is 5.66. The summed E-state index contributed by atoms with van der Waals surface area (Å²) in [5.74, 6) is -1.36. The molecule has 3 amide bonds. The predicted molar refractivity (Wildman–Crippen MR) is 54.6 cm³/mol. The largest absolute Gasteiger partial charge is 0.368 e. The predicted octanol–water partition coefficient (Wildman–Crippen LogP) is -1.25. The van der Waals surface area contributed by atoms with Gasteiger partial charge in [-0.25, -0.2) is 0 Å². The van der Waals surface area contributed by atoms with Crippen LogP contribution in [-0.2, 0) is 14.4 Å². The van der Waals surface area contributed by atoms with E-state index in [1.807, 2.05) is 0 Å². The van der Waals surface area contributed by atoms with Gasteiger partial charge < -0.3 is 16.4 Å². The van der Waals surface area contributed by atoms with Crippen molar-refractivity contribution in [3.05, 3.63) is 0 Å². The summed E-state index contributed by atoms with van der Waals surface area (Å²) in [6, 6.07) is -0.637. The molecule has 0 rings (SSSR count). The second kappa shape index (κ2) is 6.00. The van der Waals surface area contributed by atoms with E-state index in [0.717, 1.165) is 0 Å². The Bertz CT molecular complexity index is 263. The van der Waals surface area contributed by atoms with Crippen molar-refractivity contribution < 1.29 is 14.4 Å². The normalized spacial score (nSPS) is 12.0. The van der Waals surface area contributed by atoms with E-state index >= 15 is 0 Å². The Kier molecular flexibility index (Phi) is 5.36. The molecule has 0 aliphatic rings. The Morgan fingerprint density at radius 3 is 2.13 bits per heavy atom. The summed E-state index contributed by atoms with van der Waals surface area (Å²) in [5, 5.41) is 4.84. The van der Waals surface area contributed by atoms with Gasteiger partial charge in [-0.15, -0.1) is 0 Å².